The van der Waals surface area contributed by atoms with Crippen molar-refractivity contribution in [3.8, 4) is 0 Å². The fourth-order valence-electron chi connectivity index (χ4n) is 1.60. The van der Waals surface area contributed by atoms with Crippen molar-refractivity contribution in [3.63, 3.8) is 0 Å². The van der Waals surface area contributed by atoms with Crippen molar-refractivity contribution in [2.24, 2.45) is 0 Å². The lowest BCUT2D eigenvalue weighted by Gasteiger charge is -2.31. The predicted octanol–water partition coefficient (Wildman–Crippen LogP) is 2.44. The van der Waals surface area contributed by atoms with Gasteiger partial charge < -0.3 is 8.85 Å². The Hall–Kier alpha value is 0.354. The second-order valence-electron chi connectivity index (χ2n) is 5.13. The van der Waals surface area contributed by atoms with Crippen LogP contribution in [0.2, 0.25) is 38.8 Å². The Labute approximate surface area is 77.5 Å². The number of ether oxygens (including phenoxy) is 1. The molecule has 0 aromatic rings. The summed E-state index contributed by atoms with van der Waals surface area (Å²) in [5.74, 6) is 0. The Morgan fingerprint density at radius 1 is 1.25 bits per heavy atom. The van der Waals surface area contributed by atoms with Gasteiger partial charge in [-0.2, -0.15) is 0 Å². The minimum absolute atomic E-state index is 0.531. The summed E-state index contributed by atoms with van der Waals surface area (Å²) in [4.78, 5) is 0. The monoisotopic (exact) mass is 204 g/mol. The number of hydrogen-bond acceptors (Lipinski definition) is 2. The zero-order valence-electron chi connectivity index (χ0n) is 8.81. The molecule has 0 saturated carbocycles. The van der Waals surface area contributed by atoms with Crippen LogP contribution in [0.15, 0.2) is 0 Å². The van der Waals surface area contributed by atoms with Crippen LogP contribution in [0.1, 0.15) is 0 Å². The van der Waals surface area contributed by atoms with Crippen molar-refractivity contribution in [2.75, 3.05) is 6.61 Å². The first-order valence-electron chi connectivity index (χ1n) is 4.60. The molecule has 72 valence electrons. The average molecular weight is 204 g/mol. The van der Waals surface area contributed by atoms with Gasteiger partial charge in [-0.25, -0.2) is 0 Å². The molecule has 1 rings (SSSR count). The molecule has 4 heteroatoms. The normalized spacial score (nSPS) is 24.2. The fourth-order valence-corrected chi connectivity index (χ4v) is 9.90. The van der Waals surface area contributed by atoms with E-state index in [9.17, 15) is 0 Å². The molecule has 1 heterocycles. The van der Waals surface area contributed by atoms with Gasteiger partial charge >= 0.3 is 0 Å². The molecule has 0 aromatic heterocycles. The molecular weight excluding hydrogens is 184 g/mol. The number of epoxide rings is 1. The van der Waals surface area contributed by atoms with Crippen LogP contribution in [0.4, 0.5) is 0 Å². The summed E-state index contributed by atoms with van der Waals surface area (Å²) in [6.45, 7) is 12.3. The minimum Gasteiger partial charge on any atom is -0.456 e. The van der Waals surface area contributed by atoms with E-state index < -0.39 is 16.6 Å². The molecule has 1 unspecified atom stereocenters. The maximum atomic E-state index is 6.17. The maximum Gasteiger partial charge on any atom is 0.176 e. The lowest BCUT2D eigenvalue weighted by molar-refractivity contribution is 0.413. The van der Waals surface area contributed by atoms with E-state index in [4.69, 9.17) is 8.85 Å². The van der Waals surface area contributed by atoms with E-state index in [1.54, 1.807) is 0 Å². The van der Waals surface area contributed by atoms with E-state index in [2.05, 4.69) is 32.7 Å². The van der Waals surface area contributed by atoms with Crippen LogP contribution in [0.25, 0.3) is 0 Å². The highest BCUT2D eigenvalue weighted by molar-refractivity contribution is 6.84. The van der Waals surface area contributed by atoms with E-state index in [1.807, 2.05) is 0 Å². The van der Waals surface area contributed by atoms with Gasteiger partial charge in [0.2, 0.25) is 0 Å². The lowest BCUT2D eigenvalue weighted by Crippen LogP contribution is -2.43. The summed E-state index contributed by atoms with van der Waals surface area (Å²) in [7, 11) is -2.73. The van der Waals surface area contributed by atoms with Gasteiger partial charge in [-0.1, -0.05) is 0 Å². The van der Waals surface area contributed by atoms with Crippen molar-refractivity contribution in [2.45, 2.75) is 44.9 Å². The predicted molar refractivity (Wildman–Crippen MR) is 56.5 cm³/mol. The minimum atomic E-state index is -1.40. The van der Waals surface area contributed by atoms with Gasteiger partial charge in [-0.15, -0.1) is 0 Å². The highest BCUT2D eigenvalue weighted by Crippen LogP contribution is 2.26. The van der Waals surface area contributed by atoms with Crippen LogP contribution in [0.3, 0.4) is 0 Å². The SMILES string of the molecule is C[Si](C)(C)O[Si](C)(C)CC1CO1. The summed E-state index contributed by atoms with van der Waals surface area (Å²) in [5.41, 5.74) is 0. The van der Waals surface area contributed by atoms with Crippen molar-refractivity contribution in [1.82, 2.24) is 0 Å². The Bertz CT molecular complexity index is 159. The van der Waals surface area contributed by atoms with Crippen LogP contribution >= 0.6 is 0 Å². The first-order valence-corrected chi connectivity index (χ1v) is 11.1. The molecule has 0 aromatic carbocycles. The lowest BCUT2D eigenvalue weighted by atomic mass is 10.6. The summed E-state index contributed by atoms with van der Waals surface area (Å²) in [6.07, 6.45) is 0.531. The summed E-state index contributed by atoms with van der Waals surface area (Å²) >= 11 is 0. The van der Waals surface area contributed by atoms with E-state index in [1.165, 1.54) is 6.04 Å². The maximum absolute atomic E-state index is 6.17. The Morgan fingerprint density at radius 3 is 2.08 bits per heavy atom. The standard InChI is InChI=1S/C8H20O2Si2/c1-11(2,3)10-12(4,5)7-8-6-9-8/h8H,6-7H2,1-5H3. The molecule has 12 heavy (non-hydrogen) atoms. The summed E-state index contributed by atoms with van der Waals surface area (Å²) < 4.78 is 11.4. The molecule has 0 amide bonds. The first kappa shape index (κ1) is 10.4. The number of rotatable bonds is 4. The second-order valence-corrected chi connectivity index (χ2v) is 14.1. The molecule has 0 bridgehead atoms. The third-order valence-electron chi connectivity index (χ3n) is 1.70. The van der Waals surface area contributed by atoms with Gasteiger partial charge in [-0.05, 0) is 38.8 Å². The third kappa shape index (κ3) is 4.40. The zero-order valence-corrected chi connectivity index (χ0v) is 10.8. The largest absolute Gasteiger partial charge is 0.456 e. The van der Waals surface area contributed by atoms with Crippen LogP contribution in [0.5, 0.6) is 0 Å². The van der Waals surface area contributed by atoms with Crippen LogP contribution < -0.4 is 0 Å². The van der Waals surface area contributed by atoms with Crippen LogP contribution in [-0.2, 0) is 8.85 Å². The van der Waals surface area contributed by atoms with E-state index in [0.717, 1.165) is 6.61 Å². The Balaban J connectivity index is 2.35. The molecule has 0 radical (unpaired) electrons. The van der Waals surface area contributed by atoms with Crippen molar-refractivity contribution >= 4 is 16.6 Å². The topological polar surface area (TPSA) is 21.8 Å². The molecule has 1 fully saturated rings. The molecule has 0 N–H and O–H groups in total. The Kier molecular flexibility index (Phi) is 2.83. The third-order valence-corrected chi connectivity index (χ3v) is 7.80. The Morgan fingerprint density at radius 2 is 1.75 bits per heavy atom. The molecule has 1 atom stereocenters. The first-order chi connectivity index (χ1) is 5.29. The quantitative estimate of drug-likeness (QED) is 0.518. The summed E-state index contributed by atoms with van der Waals surface area (Å²) in [5, 5.41) is 0. The van der Waals surface area contributed by atoms with Gasteiger partial charge in [0.15, 0.2) is 16.6 Å². The molecule has 1 saturated heterocycles. The molecule has 0 spiro atoms. The van der Waals surface area contributed by atoms with Gasteiger partial charge in [0.25, 0.3) is 0 Å². The van der Waals surface area contributed by atoms with Crippen LogP contribution in [0, 0.1) is 0 Å². The molecule has 2 nitrogen and oxygen atoms in total. The number of hydrogen-bond donors (Lipinski definition) is 0. The van der Waals surface area contributed by atoms with Crippen molar-refractivity contribution < 1.29 is 8.85 Å². The van der Waals surface area contributed by atoms with E-state index >= 15 is 0 Å². The van der Waals surface area contributed by atoms with Gasteiger partial charge in [0.05, 0.1) is 12.7 Å². The second kappa shape index (κ2) is 3.25. The van der Waals surface area contributed by atoms with Crippen LogP contribution in [-0.4, -0.2) is 29.3 Å². The van der Waals surface area contributed by atoms with Gasteiger partial charge in [0, 0.05) is 0 Å². The molecule has 1 aliphatic rings. The highest BCUT2D eigenvalue weighted by atomic mass is 28.4. The van der Waals surface area contributed by atoms with Crippen molar-refractivity contribution in [1.29, 1.82) is 0 Å². The summed E-state index contributed by atoms with van der Waals surface area (Å²) in [6, 6.07) is 1.18. The fraction of sp³-hybridized carbons (Fsp3) is 1.00. The molecular formula is C8H20O2Si2. The highest BCUT2D eigenvalue weighted by Gasteiger charge is 2.36. The zero-order chi connectivity index (χ0) is 9.41. The average Bonchev–Trinajstić information content (AvgIpc) is 2.39. The smallest absolute Gasteiger partial charge is 0.176 e. The van der Waals surface area contributed by atoms with Crippen molar-refractivity contribution in [3.05, 3.63) is 0 Å². The van der Waals surface area contributed by atoms with E-state index in [0.29, 0.717) is 6.10 Å². The van der Waals surface area contributed by atoms with Gasteiger partial charge in [0.1, 0.15) is 0 Å². The van der Waals surface area contributed by atoms with E-state index in [-0.39, 0.29) is 0 Å². The molecule has 1 aliphatic heterocycles. The van der Waals surface area contributed by atoms with Gasteiger partial charge in [-0.3, -0.25) is 0 Å². The molecule has 0 aliphatic carbocycles.